The lowest BCUT2D eigenvalue weighted by Crippen LogP contribution is -2.43. The van der Waals surface area contributed by atoms with Crippen molar-refractivity contribution < 1.29 is 18.7 Å². The molecule has 0 saturated heterocycles. The highest BCUT2D eigenvalue weighted by Crippen LogP contribution is 2.08. The predicted octanol–water partition coefficient (Wildman–Crippen LogP) is 2.66. The summed E-state index contributed by atoms with van der Waals surface area (Å²) in [4.78, 5) is 24.0. The summed E-state index contributed by atoms with van der Waals surface area (Å²) in [6.45, 7) is 0. The first-order valence-electron chi connectivity index (χ1n) is 7.74. The molecular formula is C19H20FNO3. The summed E-state index contributed by atoms with van der Waals surface area (Å²) in [6.07, 6.45) is 1.13. The van der Waals surface area contributed by atoms with Gasteiger partial charge in [-0.3, -0.25) is 4.79 Å². The van der Waals surface area contributed by atoms with Gasteiger partial charge in [0.2, 0.25) is 5.91 Å². The van der Waals surface area contributed by atoms with Gasteiger partial charge < -0.3 is 10.1 Å². The van der Waals surface area contributed by atoms with Crippen LogP contribution in [0.4, 0.5) is 4.39 Å². The van der Waals surface area contributed by atoms with E-state index >= 15 is 0 Å². The second-order valence-electron chi connectivity index (χ2n) is 5.46. The van der Waals surface area contributed by atoms with Crippen LogP contribution >= 0.6 is 0 Å². The molecule has 0 aromatic heterocycles. The average molecular weight is 329 g/mol. The number of halogens is 1. The van der Waals surface area contributed by atoms with E-state index in [1.807, 2.05) is 30.3 Å². The van der Waals surface area contributed by atoms with Crippen LogP contribution in [0.3, 0.4) is 0 Å². The highest BCUT2D eigenvalue weighted by molar-refractivity contribution is 5.84. The van der Waals surface area contributed by atoms with E-state index in [9.17, 15) is 14.0 Å². The second kappa shape index (κ2) is 8.82. The lowest BCUT2D eigenvalue weighted by molar-refractivity contribution is -0.145. The first-order chi connectivity index (χ1) is 11.6. The Labute approximate surface area is 140 Å². The Bertz CT molecular complexity index is 671. The van der Waals surface area contributed by atoms with Gasteiger partial charge in [-0.2, -0.15) is 0 Å². The highest BCUT2D eigenvalue weighted by atomic mass is 19.1. The van der Waals surface area contributed by atoms with Crippen LogP contribution in [-0.4, -0.2) is 25.0 Å². The molecule has 0 aliphatic heterocycles. The van der Waals surface area contributed by atoms with E-state index in [0.717, 1.165) is 11.1 Å². The van der Waals surface area contributed by atoms with Gasteiger partial charge in [0.15, 0.2) is 0 Å². The van der Waals surface area contributed by atoms with Crippen molar-refractivity contribution in [1.82, 2.24) is 5.32 Å². The van der Waals surface area contributed by atoms with E-state index in [4.69, 9.17) is 4.74 Å². The quantitative estimate of drug-likeness (QED) is 0.795. The number of aryl methyl sites for hydroxylation is 1. The van der Waals surface area contributed by atoms with Crippen LogP contribution in [0.5, 0.6) is 0 Å². The zero-order chi connectivity index (χ0) is 17.4. The van der Waals surface area contributed by atoms with Crippen LogP contribution in [0.15, 0.2) is 54.6 Å². The van der Waals surface area contributed by atoms with Crippen molar-refractivity contribution in [3.8, 4) is 0 Å². The normalized spacial score (nSPS) is 11.6. The van der Waals surface area contributed by atoms with Crippen molar-refractivity contribution in [1.29, 1.82) is 0 Å². The minimum absolute atomic E-state index is 0.226. The number of carbonyl (C=O) groups excluding carboxylic acids is 2. The third kappa shape index (κ3) is 5.50. The van der Waals surface area contributed by atoms with Crippen molar-refractivity contribution in [2.24, 2.45) is 0 Å². The van der Waals surface area contributed by atoms with Crippen LogP contribution < -0.4 is 5.32 Å². The zero-order valence-corrected chi connectivity index (χ0v) is 13.5. The number of rotatable bonds is 7. The third-order valence-corrected chi connectivity index (χ3v) is 3.66. The van der Waals surface area contributed by atoms with Gasteiger partial charge in [0.1, 0.15) is 11.9 Å². The molecule has 2 aromatic rings. The molecule has 2 rings (SSSR count). The fourth-order valence-corrected chi connectivity index (χ4v) is 2.36. The lowest BCUT2D eigenvalue weighted by Gasteiger charge is -2.16. The summed E-state index contributed by atoms with van der Waals surface area (Å²) in [5.74, 6) is -1.09. The van der Waals surface area contributed by atoms with Crippen LogP contribution in [-0.2, 0) is 27.2 Å². The SMILES string of the molecule is COC(=O)[C@@H](Cc1ccc(F)cc1)NC(=O)CCc1ccccc1. The Morgan fingerprint density at radius 1 is 1.04 bits per heavy atom. The van der Waals surface area contributed by atoms with E-state index < -0.39 is 12.0 Å². The Morgan fingerprint density at radius 3 is 2.33 bits per heavy atom. The molecule has 1 amide bonds. The number of methoxy groups -OCH3 is 1. The summed E-state index contributed by atoms with van der Waals surface area (Å²) in [5.41, 5.74) is 1.80. The molecule has 24 heavy (non-hydrogen) atoms. The Kier molecular flexibility index (Phi) is 6.49. The molecule has 0 radical (unpaired) electrons. The molecule has 1 atom stereocenters. The monoisotopic (exact) mass is 329 g/mol. The summed E-state index contributed by atoms with van der Waals surface area (Å²) < 4.78 is 17.7. The number of hydrogen-bond acceptors (Lipinski definition) is 3. The van der Waals surface area contributed by atoms with Crippen LogP contribution in [0, 0.1) is 5.82 Å². The van der Waals surface area contributed by atoms with Gasteiger partial charge >= 0.3 is 5.97 Å². The maximum Gasteiger partial charge on any atom is 0.328 e. The molecule has 1 N–H and O–H groups in total. The summed E-state index contributed by atoms with van der Waals surface area (Å²) in [7, 11) is 1.27. The van der Waals surface area contributed by atoms with Gasteiger partial charge in [0.25, 0.3) is 0 Å². The van der Waals surface area contributed by atoms with Crippen molar-refractivity contribution in [2.45, 2.75) is 25.3 Å². The van der Waals surface area contributed by atoms with Crippen molar-refractivity contribution in [2.75, 3.05) is 7.11 Å². The third-order valence-electron chi connectivity index (χ3n) is 3.66. The second-order valence-corrected chi connectivity index (χ2v) is 5.46. The Balaban J connectivity index is 1.93. The molecule has 0 bridgehead atoms. The smallest absolute Gasteiger partial charge is 0.328 e. The first kappa shape index (κ1) is 17.7. The van der Waals surface area contributed by atoms with E-state index in [1.54, 1.807) is 12.1 Å². The average Bonchev–Trinajstić information content (AvgIpc) is 2.61. The molecule has 0 aliphatic rings. The first-order valence-corrected chi connectivity index (χ1v) is 7.74. The molecule has 2 aromatic carbocycles. The molecule has 0 fully saturated rings. The fraction of sp³-hybridized carbons (Fsp3) is 0.263. The van der Waals surface area contributed by atoms with Gasteiger partial charge in [0, 0.05) is 12.8 Å². The predicted molar refractivity (Wildman–Crippen MR) is 88.8 cm³/mol. The van der Waals surface area contributed by atoms with Gasteiger partial charge in [-0.1, -0.05) is 42.5 Å². The van der Waals surface area contributed by atoms with Gasteiger partial charge in [-0.25, -0.2) is 9.18 Å². The molecule has 0 unspecified atom stereocenters. The number of carbonyl (C=O) groups is 2. The van der Waals surface area contributed by atoms with E-state index in [2.05, 4.69) is 5.32 Å². The topological polar surface area (TPSA) is 55.4 Å². The molecule has 0 heterocycles. The molecular weight excluding hydrogens is 309 g/mol. The van der Waals surface area contributed by atoms with Crippen molar-refractivity contribution in [3.63, 3.8) is 0 Å². The Morgan fingerprint density at radius 2 is 1.71 bits per heavy atom. The number of amides is 1. The van der Waals surface area contributed by atoms with Gasteiger partial charge in [-0.15, -0.1) is 0 Å². The number of nitrogens with one attached hydrogen (secondary N) is 1. The minimum atomic E-state index is -0.788. The number of hydrogen-bond donors (Lipinski definition) is 1. The van der Waals surface area contributed by atoms with Gasteiger partial charge in [-0.05, 0) is 29.7 Å². The van der Waals surface area contributed by atoms with E-state index in [0.29, 0.717) is 6.42 Å². The lowest BCUT2D eigenvalue weighted by atomic mass is 10.0. The minimum Gasteiger partial charge on any atom is -0.467 e. The number of benzene rings is 2. The maximum atomic E-state index is 13.0. The number of ether oxygens (including phenoxy) is 1. The molecule has 5 heteroatoms. The molecule has 0 saturated carbocycles. The standard InChI is InChI=1S/C19H20FNO3/c1-24-19(23)17(13-15-7-10-16(20)11-8-15)21-18(22)12-9-14-5-3-2-4-6-14/h2-8,10-11,17H,9,12-13H2,1H3,(H,21,22)/t17-/m1/s1. The molecule has 126 valence electrons. The van der Waals surface area contributed by atoms with Crippen LogP contribution in [0.25, 0.3) is 0 Å². The largest absolute Gasteiger partial charge is 0.467 e. The zero-order valence-electron chi connectivity index (χ0n) is 13.5. The number of esters is 1. The van der Waals surface area contributed by atoms with E-state index in [1.165, 1.54) is 19.2 Å². The summed E-state index contributed by atoms with van der Waals surface area (Å²) in [5, 5.41) is 2.69. The summed E-state index contributed by atoms with van der Waals surface area (Å²) >= 11 is 0. The van der Waals surface area contributed by atoms with Crippen LogP contribution in [0.1, 0.15) is 17.5 Å². The molecule has 0 aliphatic carbocycles. The van der Waals surface area contributed by atoms with Crippen molar-refractivity contribution in [3.05, 3.63) is 71.5 Å². The molecule has 0 spiro atoms. The molecule has 4 nitrogen and oxygen atoms in total. The highest BCUT2D eigenvalue weighted by Gasteiger charge is 2.21. The van der Waals surface area contributed by atoms with E-state index in [-0.39, 0.29) is 24.6 Å². The van der Waals surface area contributed by atoms with Crippen LogP contribution in [0.2, 0.25) is 0 Å². The maximum absolute atomic E-state index is 13.0. The van der Waals surface area contributed by atoms with Gasteiger partial charge in [0.05, 0.1) is 7.11 Å². The summed E-state index contributed by atoms with van der Waals surface area (Å²) in [6, 6.07) is 14.7. The fourth-order valence-electron chi connectivity index (χ4n) is 2.36. The Hall–Kier alpha value is -2.69. The van der Waals surface area contributed by atoms with Crippen molar-refractivity contribution >= 4 is 11.9 Å².